The molecule has 0 saturated carbocycles. The van der Waals surface area contributed by atoms with E-state index in [9.17, 15) is 19.5 Å². The molecule has 1 atom stereocenters. The van der Waals surface area contributed by atoms with Crippen LogP contribution in [0.4, 0.5) is 4.79 Å². The monoisotopic (exact) mass is 444 g/mol. The smallest absolute Gasteiger partial charge is 0.407 e. The summed E-state index contributed by atoms with van der Waals surface area (Å²) >= 11 is 0. The van der Waals surface area contributed by atoms with Gasteiger partial charge in [0.1, 0.15) is 13.2 Å². The van der Waals surface area contributed by atoms with Gasteiger partial charge in [-0.25, -0.2) is 9.59 Å². The number of rotatable bonds is 7. The first-order valence-corrected chi connectivity index (χ1v) is 10.6. The zero-order valence-electron chi connectivity index (χ0n) is 18.1. The van der Waals surface area contributed by atoms with Crippen LogP contribution in [0.2, 0.25) is 0 Å². The van der Waals surface area contributed by atoms with E-state index in [0.29, 0.717) is 5.56 Å². The first-order valence-electron chi connectivity index (χ1n) is 10.6. The number of benzene rings is 3. The molecule has 0 aliphatic heterocycles. The summed E-state index contributed by atoms with van der Waals surface area (Å²) in [4.78, 5) is 36.5. The van der Waals surface area contributed by atoms with Gasteiger partial charge in [0, 0.05) is 5.92 Å². The van der Waals surface area contributed by atoms with Crippen LogP contribution < -0.4 is 10.6 Å². The minimum absolute atomic E-state index is 0.0923. The Balaban J connectivity index is 1.35. The fourth-order valence-electron chi connectivity index (χ4n) is 4.15. The zero-order chi connectivity index (χ0) is 23.4. The maximum atomic E-state index is 12.4. The SMILES string of the molecule is CC(NC(=O)CNC(=O)OCC1c2ccccc2-c2ccccc21)(C(=O)O)c1ccccc1. The summed E-state index contributed by atoms with van der Waals surface area (Å²) in [5, 5.41) is 14.5. The molecule has 3 N–H and O–H groups in total. The third kappa shape index (κ3) is 4.43. The van der Waals surface area contributed by atoms with Crippen molar-refractivity contribution in [2.24, 2.45) is 0 Å². The Morgan fingerprint density at radius 1 is 0.879 bits per heavy atom. The largest absolute Gasteiger partial charge is 0.479 e. The summed E-state index contributed by atoms with van der Waals surface area (Å²) in [5.41, 5.74) is 3.22. The number of fused-ring (bicyclic) bond motifs is 3. The van der Waals surface area contributed by atoms with Gasteiger partial charge in [-0.3, -0.25) is 4.79 Å². The first-order chi connectivity index (χ1) is 15.9. The standard InChI is InChI=1S/C26H24N2O5/c1-26(24(30)31,17-9-3-2-4-10-17)28-23(29)15-27-25(32)33-16-22-20-13-7-5-11-18(20)19-12-6-8-14-21(19)22/h2-14,22H,15-16H2,1H3,(H,27,32)(H,28,29)(H,30,31). The Morgan fingerprint density at radius 2 is 1.42 bits per heavy atom. The molecule has 0 radical (unpaired) electrons. The van der Waals surface area contributed by atoms with Crippen molar-refractivity contribution in [3.8, 4) is 11.1 Å². The van der Waals surface area contributed by atoms with Crippen molar-refractivity contribution in [1.29, 1.82) is 0 Å². The van der Waals surface area contributed by atoms with Gasteiger partial charge in [-0.15, -0.1) is 0 Å². The third-order valence-electron chi connectivity index (χ3n) is 5.91. The molecule has 0 heterocycles. The van der Waals surface area contributed by atoms with Crippen LogP contribution >= 0.6 is 0 Å². The highest BCUT2D eigenvalue weighted by molar-refractivity contribution is 5.89. The second kappa shape index (κ2) is 9.16. The molecule has 1 unspecified atom stereocenters. The van der Waals surface area contributed by atoms with Gasteiger partial charge in [0.25, 0.3) is 0 Å². The number of carboxylic acid groups (broad SMARTS) is 1. The highest BCUT2D eigenvalue weighted by Crippen LogP contribution is 2.44. The molecule has 0 spiro atoms. The Kier molecular flexibility index (Phi) is 6.13. The molecule has 7 heteroatoms. The number of aliphatic carboxylic acids is 1. The number of nitrogens with one attached hydrogen (secondary N) is 2. The van der Waals surface area contributed by atoms with E-state index in [4.69, 9.17) is 4.74 Å². The second-order valence-corrected chi connectivity index (χ2v) is 8.02. The number of amides is 2. The molecular weight excluding hydrogens is 420 g/mol. The van der Waals surface area contributed by atoms with Gasteiger partial charge in [0.2, 0.25) is 5.91 Å². The van der Waals surface area contributed by atoms with Crippen molar-refractivity contribution in [3.05, 3.63) is 95.6 Å². The number of alkyl carbamates (subject to hydrolysis) is 1. The lowest BCUT2D eigenvalue weighted by Gasteiger charge is -2.26. The maximum Gasteiger partial charge on any atom is 0.407 e. The van der Waals surface area contributed by atoms with Gasteiger partial charge < -0.3 is 20.5 Å². The van der Waals surface area contributed by atoms with Gasteiger partial charge in [-0.2, -0.15) is 0 Å². The van der Waals surface area contributed by atoms with Crippen molar-refractivity contribution < 1.29 is 24.2 Å². The quantitative estimate of drug-likeness (QED) is 0.516. The van der Waals surface area contributed by atoms with Crippen LogP contribution in [0, 0.1) is 0 Å². The Bertz CT molecular complexity index is 1150. The average molecular weight is 444 g/mol. The van der Waals surface area contributed by atoms with Crippen LogP contribution in [-0.4, -0.2) is 36.2 Å². The van der Waals surface area contributed by atoms with Gasteiger partial charge in [0.15, 0.2) is 5.54 Å². The van der Waals surface area contributed by atoms with Crippen LogP contribution in [0.1, 0.15) is 29.5 Å². The summed E-state index contributed by atoms with van der Waals surface area (Å²) in [6.45, 7) is 1.11. The van der Waals surface area contributed by atoms with Gasteiger partial charge >= 0.3 is 12.1 Å². The highest BCUT2D eigenvalue weighted by atomic mass is 16.5. The number of carbonyl (C=O) groups is 3. The molecule has 0 fully saturated rings. The van der Waals surface area contributed by atoms with Crippen LogP contribution in [0.3, 0.4) is 0 Å². The van der Waals surface area contributed by atoms with E-state index in [-0.39, 0.29) is 12.5 Å². The van der Waals surface area contributed by atoms with Crippen molar-refractivity contribution >= 4 is 18.0 Å². The first kappa shape index (κ1) is 22.1. The number of ether oxygens (including phenoxy) is 1. The Labute approximate surface area is 191 Å². The van der Waals surface area contributed by atoms with Crippen molar-refractivity contribution in [1.82, 2.24) is 10.6 Å². The topological polar surface area (TPSA) is 105 Å². The van der Waals surface area contributed by atoms with Gasteiger partial charge in [-0.05, 0) is 34.7 Å². The molecule has 0 bridgehead atoms. The molecule has 2 amide bonds. The number of hydrogen-bond acceptors (Lipinski definition) is 4. The molecule has 33 heavy (non-hydrogen) atoms. The van der Waals surface area contributed by atoms with Crippen LogP contribution in [0.5, 0.6) is 0 Å². The Morgan fingerprint density at radius 3 is 2.00 bits per heavy atom. The number of carbonyl (C=O) groups excluding carboxylic acids is 2. The summed E-state index contributed by atoms with van der Waals surface area (Å²) in [5.74, 6) is -1.94. The maximum absolute atomic E-state index is 12.4. The molecule has 1 aliphatic rings. The summed E-state index contributed by atoms with van der Waals surface area (Å²) in [6.07, 6.45) is -0.747. The molecular formula is C26H24N2O5. The van der Waals surface area contributed by atoms with E-state index in [1.165, 1.54) is 6.92 Å². The lowest BCUT2D eigenvalue weighted by molar-refractivity contribution is -0.147. The normalized spacial score (nSPS) is 13.8. The molecule has 7 nitrogen and oxygen atoms in total. The minimum Gasteiger partial charge on any atom is -0.479 e. The zero-order valence-corrected chi connectivity index (χ0v) is 18.1. The minimum atomic E-state index is -1.62. The van der Waals surface area contributed by atoms with Gasteiger partial charge in [-0.1, -0.05) is 78.9 Å². The summed E-state index contributed by atoms with van der Waals surface area (Å²) in [6, 6.07) is 24.4. The fraction of sp³-hybridized carbons (Fsp3) is 0.192. The third-order valence-corrected chi connectivity index (χ3v) is 5.91. The second-order valence-electron chi connectivity index (χ2n) is 8.02. The highest BCUT2D eigenvalue weighted by Gasteiger charge is 2.36. The van der Waals surface area contributed by atoms with Crippen LogP contribution in [0.15, 0.2) is 78.9 Å². The van der Waals surface area contributed by atoms with Crippen molar-refractivity contribution in [2.75, 3.05) is 13.2 Å². The summed E-state index contributed by atoms with van der Waals surface area (Å²) in [7, 11) is 0. The van der Waals surface area contributed by atoms with E-state index in [1.54, 1.807) is 30.3 Å². The predicted octanol–water partition coefficient (Wildman–Crippen LogP) is 3.64. The number of carboxylic acids is 1. The van der Waals surface area contributed by atoms with Crippen molar-refractivity contribution in [2.45, 2.75) is 18.4 Å². The fourth-order valence-corrected chi connectivity index (χ4v) is 4.15. The van der Waals surface area contributed by atoms with Crippen LogP contribution in [0.25, 0.3) is 11.1 Å². The predicted molar refractivity (Wildman–Crippen MR) is 123 cm³/mol. The lowest BCUT2D eigenvalue weighted by atomic mass is 9.92. The molecule has 168 valence electrons. The molecule has 3 aromatic carbocycles. The van der Waals surface area contributed by atoms with E-state index in [2.05, 4.69) is 10.6 Å². The lowest BCUT2D eigenvalue weighted by Crippen LogP contribution is -2.52. The molecule has 0 aromatic heterocycles. The molecule has 0 saturated heterocycles. The van der Waals surface area contributed by atoms with Crippen LogP contribution in [-0.2, 0) is 19.9 Å². The number of hydrogen-bond donors (Lipinski definition) is 3. The van der Waals surface area contributed by atoms with E-state index < -0.39 is 30.1 Å². The van der Waals surface area contributed by atoms with Crippen molar-refractivity contribution in [3.63, 3.8) is 0 Å². The van der Waals surface area contributed by atoms with E-state index in [0.717, 1.165) is 22.3 Å². The van der Waals surface area contributed by atoms with E-state index in [1.807, 2.05) is 48.5 Å². The van der Waals surface area contributed by atoms with E-state index >= 15 is 0 Å². The Hall–Kier alpha value is -4.13. The summed E-state index contributed by atoms with van der Waals surface area (Å²) < 4.78 is 5.41. The average Bonchev–Trinajstić information content (AvgIpc) is 3.15. The molecule has 4 rings (SSSR count). The molecule has 1 aliphatic carbocycles. The van der Waals surface area contributed by atoms with Gasteiger partial charge in [0.05, 0.1) is 0 Å². The molecule has 3 aromatic rings.